The summed E-state index contributed by atoms with van der Waals surface area (Å²) < 4.78 is 25.2. The van der Waals surface area contributed by atoms with Crippen LogP contribution in [0.3, 0.4) is 0 Å². The Morgan fingerprint density at radius 2 is 1.74 bits per heavy atom. The Balaban J connectivity index is 1.51. The summed E-state index contributed by atoms with van der Waals surface area (Å²) in [6.07, 6.45) is 1.59. The lowest BCUT2D eigenvalue weighted by Crippen LogP contribution is -2.27. The van der Waals surface area contributed by atoms with Gasteiger partial charge < -0.3 is 9.47 Å². The number of ether oxygens (including phenoxy) is 2. The molecule has 1 heterocycles. The molecule has 1 aliphatic heterocycles. The van der Waals surface area contributed by atoms with Crippen LogP contribution in [-0.4, -0.2) is 23.2 Å². The van der Waals surface area contributed by atoms with Gasteiger partial charge in [0, 0.05) is 21.2 Å². The first kappa shape index (κ1) is 24.1. The molecule has 3 aromatic carbocycles. The van der Waals surface area contributed by atoms with Gasteiger partial charge in [0.05, 0.1) is 18.6 Å². The number of benzene rings is 3. The summed E-state index contributed by atoms with van der Waals surface area (Å²) in [6.45, 7) is 0.0124. The number of carbonyl (C=O) groups excluding carboxylic acids is 2. The molecular formula is C25H18Cl2FNO4S. The molecular weight excluding hydrogens is 500 g/mol. The predicted molar refractivity (Wildman–Crippen MR) is 132 cm³/mol. The molecule has 4 rings (SSSR count). The summed E-state index contributed by atoms with van der Waals surface area (Å²) in [5.41, 5.74) is 1.56. The van der Waals surface area contributed by atoms with Crippen LogP contribution in [0, 0.1) is 5.82 Å². The van der Waals surface area contributed by atoms with Crippen LogP contribution in [0.25, 0.3) is 6.08 Å². The van der Waals surface area contributed by atoms with Crippen molar-refractivity contribution in [2.75, 3.05) is 7.11 Å². The number of methoxy groups -OCH3 is 1. The van der Waals surface area contributed by atoms with E-state index in [0.29, 0.717) is 32.7 Å². The van der Waals surface area contributed by atoms with Gasteiger partial charge in [-0.3, -0.25) is 14.5 Å². The predicted octanol–water partition coefficient (Wildman–Crippen LogP) is 6.96. The smallest absolute Gasteiger partial charge is 0.293 e. The summed E-state index contributed by atoms with van der Waals surface area (Å²) in [5, 5.41) is 0.534. The molecule has 0 spiro atoms. The van der Waals surface area contributed by atoms with E-state index in [1.54, 1.807) is 60.7 Å². The monoisotopic (exact) mass is 517 g/mol. The van der Waals surface area contributed by atoms with E-state index in [2.05, 4.69) is 0 Å². The van der Waals surface area contributed by atoms with E-state index >= 15 is 0 Å². The minimum absolute atomic E-state index is 0.130. The molecule has 0 saturated carbocycles. The second-order valence-corrected chi connectivity index (χ2v) is 9.07. The van der Waals surface area contributed by atoms with Gasteiger partial charge in [0.1, 0.15) is 12.4 Å². The molecule has 0 aromatic heterocycles. The number of thioether (sulfide) groups is 1. The Labute approximate surface area is 210 Å². The normalized spacial score (nSPS) is 14.7. The zero-order valence-electron chi connectivity index (χ0n) is 17.9. The topological polar surface area (TPSA) is 55.8 Å². The van der Waals surface area contributed by atoms with Crippen LogP contribution in [0.5, 0.6) is 11.5 Å². The lowest BCUT2D eigenvalue weighted by atomic mass is 10.1. The van der Waals surface area contributed by atoms with E-state index in [0.717, 1.165) is 16.7 Å². The largest absolute Gasteiger partial charge is 0.493 e. The van der Waals surface area contributed by atoms with Gasteiger partial charge in [-0.15, -0.1) is 0 Å². The highest BCUT2D eigenvalue weighted by atomic mass is 35.5. The quantitative estimate of drug-likeness (QED) is 0.317. The zero-order valence-corrected chi connectivity index (χ0v) is 20.2. The SMILES string of the molecule is COc1cc(/C=C2\SC(=O)N(Cc3ccccc3F)C2=O)ccc1OCc1c(Cl)cccc1Cl. The van der Waals surface area contributed by atoms with Crippen LogP contribution in [0.4, 0.5) is 9.18 Å². The molecule has 1 aliphatic rings. The molecule has 1 fully saturated rings. The second-order valence-electron chi connectivity index (χ2n) is 7.26. The van der Waals surface area contributed by atoms with Crippen molar-refractivity contribution in [3.8, 4) is 11.5 Å². The fourth-order valence-electron chi connectivity index (χ4n) is 3.30. The van der Waals surface area contributed by atoms with Gasteiger partial charge in [0.25, 0.3) is 11.1 Å². The van der Waals surface area contributed by atoms with Gasteiger partial charge in [0.2, 0.25) is 0 Å². The van der Waals surface area contributed by atoms with Gasteiger partial charge in [-0.1, -0.05) is 53.5 Å². The molecule has 5 nitrogen and oxygen atoms in total. The summed E-state index contributed by atoms with van der Waals surface area (Å²) in [7, 11) is 1.50. The first-order valence-corrected chi connectivity index (χ1v) is 11.7. The highest BCUT2D eigenvalue weighted by molar-refractivity contribution is 8.18. The molecule has 0 radical (unpaired) electrons. The van der Waals surface area contributed by atoms with Crippen molar-refractivity contribution >= 4 is 52.2 Å². The first-order valence-electron chi connectivity index (χ1n) is 10.1. The van der Waals surface area contributed by atoms with Crippen LogP contribution in [0.2, 0.25) is 10.0 Å². The number of nitrogens with zero attached hydrogens (tertiary/aromatic N) is 1. The fraction of sp³-hybridized carbons (Fsp3) is 0.120. The summed E-state index contributed by atoms with van der Waals surface area (Å²) in [4.78, 5) is 26.4. The number of halogens is 3. The maximum Gasteiger partial charge on any atom is 0.293 e. The summed E-state index contributed by atoms with van der Waals surface area (Å²) >= 11 is 13.2. The number of hydrogen-bond acceptors (Lipinski definition) is 5. The summed E-state index contributed by atoms with van der Waals surface area (Å²) in [5.74, 6) is -0.0550. The number of rotatable bonds is 7. The molecule has 0 N–H and O–H groups in total. The van der Waals surface area contributed by atoms with Crippen molar-refractivity contribution < 1.29 is 23.5 Å². The summed E-state index contributed by atoms with van der Waals surface area (Å²) in [6, 6.07) is 16.4. The van der Waals surface area contributed by atoms with Crippen molar-refractivity contribution in [2.45, 2.75) is 13.2 Å². The van der Waals surface area contributed by atoms with Crippen molar-refractivity contribution in [1.29, 1.82) is 0 Å². The van der Waals surface area contributed by atoms with Crippen LogP contribution in [0.1, 0.15) is 16.7 Å². The first-order chi connectivity index (χ1) is 16.4. The average Bonchev–Trinajstić information content (AvgIpc) is 3.08. The third-order valence-electron chi connectivity index (χ3n) is 5.08. The Bertz CT molecular complexity index is 1280. The van der Waals surface area contributed by atoms with E-state index in [-0.39, 0.29) is 23.6 Å². The van der Waals surface area contributed by atoms with Gasteiger partial charge in [-0.05, 0) is 53.7 Å². The Morgan fingerprint density at radius 1 is 1.00 bits per heavy atom. The minimum atomic E-state index is -0.481. The van der Waals surface area contributed by atoms with Gasteiger partial charge in [0.15, 0.2) is 11.5 Å². The van der Waals surface area contributed by atoms with E-state index in [9.17, 15) is 14.0 Å². The lowest BCUT2D eigenvalue weighted by molar-refractivity contribution is -0.123. The van der Waals surface area contributed by atoms with Crippen molar-refractivity contribution in [2.24, 2.45) is 0 Å². The van der Waals surface area contributed by atoms with Crippen LogP contribution >= 0.6 is 35.0 Å². The molecule has 9 heteroatoms. The number of hydrogen-bond donors (Lipinski definition) is 0. The minimum Gasteiger partial charge on any atom is -0.493 e. The number of carbonyl (C=O) groups is 2. The van der Waals surface area contributed by atoms with Gasteiger partial charge in [-0.25, -0.2) is 4.39 Å². The Kier molecular flexibility index (Phi) is 7.46. The van der Waals surface area contributed by atoms with E-state index in [1.165, 1.54) is 13.2 Å². The third kappa shape index (κ3) is 5.22. The third-order valence-corrected chi connectivity index (χ3v) is 6.69. The Hall–Kier alpha value is -3.00. The number of amides is 2. The standard InChI is InChI=1S/C25H18Cl2FNO4S/c1-32-22-11-15(9-10-21(22)33-14-17-18(26)6-4-7-19(17)27)12-23-24(30)29(25(31)34-23)13-16-5-2-3-8-20(16)28/h2-12H,13-14H2,1H3/b23-12-. The van der Waals surface area contributed by atoms with Crippen molar-refractivity contribution in [3.63, 3.8) is 0 Å². The van der Waals surface area contributed by atoms with Gasteiger partial charge >= 0.3 is 0 Å². The fourth-order valence-corrected chi connectivity index (χ4v) is 4.64. The molecule has 3 aromatic rings. The second kappa shape index (κ2) is 10.5. The van der Waals surface area contributed by atoms with Gasteiger partial charge in [-0.2, -0.15) is 0 Å². The maximum absolute atomic E-state index is 14.0. The van der Waals surface area contributed by atoms with Crippen LogP contribution in [0.15, 0.2) is 65.6 Å². The Morgan fingerprint density at radius 3 is 2.44 bits per heavy atom. The number of imide groups is 1. The van der Waals surface area contributed by atoms with E-state index < -0.39 is 17.0 Å². The molecule has 1 saturated heterocycles. The molecule has 0 atom stereocenters. The maximum atomic E-state index is 14.0. The zero-order chi connectivity index (χ0) is 24.2. The van der Waals surface area contributed by atoms with E-state index in [4.69, 9.17) is 32.7 Å². The molecule has 0 aliphatic carbocycles. The molecule has 0 bridgehead atoms. The highest BCUT2D eigenvalue weighted by Crippen LogP contribution is 2.36. The average molecular weight is 518 g/mol. The molecule has 0 unspecified atom stereocenters. The van der Waals surface area contributed by atoms with Crippen LogP contribution in [-0.2, 0) is 17.9 Å². The molecule has 174 valence electrons. The van der Waals surface area contributed by atoms with Crippen molar-refractivity contribution in [1.82, 2.24) is 4.90 Å². The highest BCUT2D eigenvalue weighted by Gasteiger charge is 2.35. The van der Waals surface area contributed by atoms with Crippen molar-refractivity contribution in [3.05, 3.63) is 98.1 Å². The lowest BCUT2D eigenvalue weighted by Gasteiger charge is -2.13. The molecule has 2 amide bonds. The van der Waals surface area contributed by atoms with E-state index in [1.807, 2.05) is 0 Å². The molecule has 34 heavy (non-hydrogen) atoms. The van der Waals surface area contributed by atoms with Crippen LogP contribution < -0.4 is 9.47 Å².